The number of amides is 1. The van der Waals surface area contributed by atoms with Gasteiger partial charge in [0.1, 0.15) is 12.2 Å². The minimum Gasteiger partial charge on any atom is -0.338 e. The van der Waals surface area contributed by atoms with Crippen LogP contribution in [0.2, 0.25) is 0 Å². The Bertz CT molecular complexity index is 687. The maximum absolute atomic E-state index is 12.6. The van der Waals surface area contributed by atoms with Gasteiger partial charge >= 0.3 is 0 Å². The normalized spacial score (nSPS) is 24.6. The average Bonchev–Trinajstić information content (AvgIpc) is 3.34. The van der Waals surface area contributed by atoms with Crippen LogP contribution in [0.5, 0.6) is 0 Å². The number of likely N-dealkylation sites (tertiary alicyclic amines) is 2. The summed E-state index contributed by atoms with van der Waals surface area (Å²) in [7, 11) is 0. The van der Waals surface area contributed by atoms with Gasteiger partial charge in [-0.2, -0.15) is 5.10 Å². The number of nitrogens with one attached hydrogen (secondary N) is 1. The Hall–Kier alpha value is -2.21. The summed E-state index contributed by atoms with van der Waals surface area (Å²) in [5.74, 6) is 2.21. The van der Waals surface area contributed by atoms with E-state index in [9.17, 15) is 4.79 Å². The number of carbonyl (C=O) groups is 1. The molecular formula is C19H25N5O. The molecule has 0 unspecified atom stereocenters. The first-order valence-corrected chi connectivity index (χ1v) is 9.21. The number of H-pyrrole nitrogens is 1. The van der Waals surface area contributed by atoms with E-state index in [0.29, 0.717) is 11.8 Å². The smallest absolute Gasteiger partial charge is 0.253 e. The highest BCUT2D eigenvalue weighted by Crippen LogP contribution is 2.26. The number of benzene rings is 1. The van der Waals surface area contributed by atoms with Crippen LogP contribution in [0.25, 0.3) is 0 Å². The molecule has 1 amide bonds. The first kappa shape index (κ1) is 16.3. The van der Waals surface area contributed by atoms with Gasteiger partial charge < -0.3 is 9.80 Å². The Kier molecular flexibility index (Phi) is 4.78. The maximum Gasteiger partial charge on any atom is 0.253 e. The van der Waals surface area contributed by atoms with Crippen LogP contribution < -0.4 is 0 Å². The van der Waals surface area contributed by atoms with E-state index < -0.39 is 0 Å². The van der Waals surface area contributed by atoms with Crippen LogP contribution in [0.4, 0.5) is 0 Å². The molecule has 1 aromatic carbocycles. The van der Waals surface area contributed by atoms with Crippen LogP contribution in [-0.2, 0) is 0 Å². The molecule has 4 rings (SSSR count). The van der Waals surface area contributed by atoms with E-state index >= 15 is 0 Å². The highest BCUT2D eigenvalue weighted by molar-refractivity contribution is 5.94. The van der Waals surface area contributed by atoms with Crippen molar-refractivity contribution in [2.75, 3.05) is 32.7 Å². The molecule has 2 aliphatic rings. The molecule has 25 heavy (non-hydrogen) atoms. The summed E-state index contributed by atoms with van der Waals surface area (Å²) < 4.78 is 0. The number of carbonyl (C=O) groups excluding carboxylic acids is 1. The van der Waals surface area contributed by atoms with Crippen molar-refractivity contribution in [3.63, 3.8) is 0 Å². The second-order valence-electron chi connectivity index (χ2n) is 7.24. The maximum atomic E-state index is 12.6. The Morgan fingerprint density at radius 1 is 1.16 bits per heavy atom. The van der Waals surface area contributed by atoms with E-state index in [1.165, 1.54) is 12.8 Å². The molecule has 0 saturated carbocycles. The summed E-state index contributed by atoms with van der Waals surface area (Å²) in [5.41, 5.74) is 0.798. The van der Waals surface area contributed by atoms with Crippen molar-refractivity contribution in [3.05, 3.63) is 48.0 Å². The number of rotatable bonds is 4. The molecule has 0 spiro atoms. The Morgan fingerprint density at radius 2 is 2.04 bits per heavy atom. The van der Waals surface area contributed by atoms with Crippen molar-refractivity contribution < 1.29 is 4.79 Å². The lowest BCUT2D eigenvalue weighted by Gasteiger charge is -2.33. The lowest BCUT2D eigenvalue weighted by atomic mass is 9.96. The van der Waals surface area contributed by atoms with Crippen molar-refractivity contribution in [2.24, 2.45) is 5.92 Å². The molecule has 2 aliphatic heterocycles. The van der Waals surface area contributed by atoms with E-state index in [-0.39, 0.29) is 5.91 Å². The summed E-state index contributed by atoms with van der Waals surface area (Å²) in [6.07, 6.45) is 5.07. The highest BCUT2D eigenvalue weighted by atomic mass is 16.2. The van der Waals surface area contributed by atoms with E-state index in [2.05, 4.69) is 20.1 Å². The molecule has 6 heteroatoms. The summed E-state index contributed by atoms with van der Waals surface area (Å²) in [4.78, 5) is 21.5. The molecule has 0 aliphatic carbocycles. The minimum atomic E-state index is 0.168. The second-order valence-corrected chi connectivity index (χ2v) is 7.24. The van der Waals surface area contributed by atoms with Crippen LogP contribution in [0, 0.1) is 5.92 Å². The van der Waals surface area contributed by atoms with Crippen LogP contribution in [0.15, 0.2) is 36.7 Å². The van der Waals surface area contributed by atoms with Gasteiger partial charge in [0.15, 0.2) is 0 Å². The zero-order chi connectivity index (χ0) is 17.1. The van der Waals surface area contributed by atoms with Crippen LogP contribution in [-0.4, -0.2) is 63.6 Å². The fraction of sp³-hybridized carbons (Fsp3) is 0.526. The summed E-state index contributed by atoms with van der Waals surface area (Å²) in [6, 6.07) is 9.62. The van der Waals surface area contributed by atoms with Crippen molar-refractivity contribution in [3.8, 4) is 0 Å². The third-order valence-electron chi connectivity index (χ3n) is 5.44. The molecule has 1 aromatic heterocycles. The number of piperidine rings is 1. The molecule has 3 heterocycles. The van der Waals surface area contributed by atoms with Gasteiger partial charge in [-0.05, 0) is 43.9 Å². The van der Waals surface area contributed by atoms with Crippen molar-refractivity contribution >= 4 is 5.91 Å². The van der Waals surface area contributed by atoms with Gasteiger partial charge in [0.25, 0.3) is 5.91 Å². The van der Waals surface area contributed by atoms with Gasteiger partial charge in [-0.15, -0.1) is 0 Å². The Balaban J connectivity index is 1.31. The zero-order valence-corrected chi connectivity index (χ0v) is 14.5. The van der Waals surface area contributed by atoms with Crippen LogP contribution in [0.1, 0.15) is 41.4 Å². The lowest BCUT2D eigenvalue weighted by molar-refractivity contribution is 0.0781. The third kappa shape index (κ3) is 3.74. The molecule has 6 nitrogen and oxygen atoms in total. The fourth-order valence-corrected chi connectivity index (χ4v) is 4.15. The fourth-order valence-electron chi connectivity index (χ4n) is 4.15. The number of aromatic amines is 1. The SMILES string of the molecule is O=C(c1ccccc1)N1CC[C@H](CN2CCC[C@H](c3ncn[nH]3)C2)C1. The Labute approximate surface area is 148 Å². The van der Waals surface area contributed by atoms with E-state index in [1.54, 1.807) is 6.33 Å². The number of hydrogen-bond acceptors (Lipinski definition) is 4. The molecule has 132 valence electrons. The number of hydrogen-bond donors (Lipinski definition) is 1. The Morgan fingerprint density at radius 3 is 2.84 bits per heavy atom. The van der Waals surface area contributed by atoms with Gasteiger partial charge in [-0.1, -0.05) is 18.2 Å². The topological polar surface area (TPSA) is 65.1 Å². The summed E-state index contributed by atoms with van der Waals surface area (Å²) in [5, 5.41) is 7.01. The van der Waals surface area contributed by atoms with Gasteiger partial charge in [-0.25, -0.2) is 4.98 Å². The second kappa shape index (κ2) is 7.35. The van der Waals surface area contributed by atoms with E-state index in [4.69, 9.17) is 0 Å². The number of aromatic nitrogens is 3. The van der Waals surface area contributed by atoms with Crippen LogP contribution in [0.3, 0.4) is 0 Å². The van der Waals surface area contributed by atoms with Crippen molar-refractivity contribution in [1.29, 1.82) is 0 Å². The largest absolute Gasteiger partial charge is 0.338 e. The van der Waals surface area contributed by atoms with Crippen molar-refractivity contribution in [2.45, 2.75) is 25.2 Å². The molecule has 2 saturated heterocycles. The first-order chi connectivity index (χ1) is 12.3. The highest BCUT2D eigenvalue weighted by Gasteiger charge is 2.30. The lowest BCUT2D eigenvalue weighted by Crippen LogP contribution is -2.39. The summed E-state index contributed by atoms with van der Waals surface area (Å²) in [6.45, 7) is 5.00. The van der Waals surface area contributed by atoms with Gasteiger partial charge in [0, 0.05) is 37.7 Å². The molecule has 2 fully saturated rings. The van der Waals surface area contributed by atoms with Gasteiger partial charge in [0.05, 0.1) is 0 Å². The van der Waals surface area contributed by atoms with E-state index in [0.717, 1.165) is 50.5 Å². The molecule has 2 aromatic rings. The monoisotopic (exact) mass is 339 g/mol. The predicted molar refractivity (Wildman–Crippen MR) is 95.3 cm³/mol. The summed E-state index contributed by atoms with van der Waals surface area (Å²) >= 11 is 0. The molecule has 0 bridgehead atoms. The van der Waals surface area contributed by atoms with E-state index in [1.807, 2.05) is 35.2 Å². The molecule has 2 atom stereocenters. The third-order valence-corrected chi connectivity index (χ3v) is 5.44. The van der Waals surface area contributed by atoms with Crippen LogP contribution >= 0.6 is 0 Å². The van der Waals surface area contributed by atoms with Gasteiger partial charge in [0.2, 0.25) is 0 Å². The minimum absolute atomic E-state index is 0.168. The number of nitrogens with zero attached hydrogens (tertiary/aromatic N) is 4. The molecule has 1 N–H and O–H groups in total. The first-order valence-electron chi connectivity index (χ1n) is 9.21. The van der Waals surface area contributed by atoms with Gasteiger partial charge in [-0.3, -0.25) is 9.89 Å². The quantitative estimate of drug-likeness (QED) is 0.927. The average molecular weight is 339 g/mol. The predicted octanol–water partition coefficient (Wildman–Crippen LogP) is 2.15. The standard InChI is InChI=1S/C19H25N5O/c25-19(16-5-2-1-3-6-16)24-10-8-15(12-24)11-23-9-4-7-17(13-23)18-20-14-21-22-18/h1-3,5-6,14-15,17H,4,7-13H2,(H,20,21,22)/t15-,17+/m1/s1. The van der Waals surface area contributed by atoms with Crippen molar-refractivity contribution in [1.82, 2.24) is 25.0 Å². The molecule has 0 radical (unpaired) electrons. The molecular weight excluding hydrogens is 314 g/mol. The zero-order valence-electron chi connectivity index (χ0n) is 14.5.